The zero-order valence-corrected chi connectivity index (χ0v) is 13.0. The van der Waals surface area contributed by atoms with Crippen molar-refractivity contribution in [3.05, 3.63) is 35.9 Å². The van der Waals surface area contributed by atoms with Gasteiger partial charge in [0.05, 0.1) is 25.9 Å². The summed E-state index contributed by atoms with van der Waals surface area (Å²) in [7, 11) is 2.33. The van der Waals surface area contributed by atoms with Crippen LogP contribution in [0.1, 0.15) is 37.7 Å². The van der Waals surface area contributed by atoms with Gasteiger partial charge in [-0.15, -0.1) is 0 Å². The first kappa shape index (κ1) is 13.3. The fourth-order valence-corrected chi connectivity index (χ4v) is 4.93. The number of carbonyl (C=O) groups excluding carboxylic acids is 1. The van der Waals surface area contributed by atoms with E-state index in [0.717, 1.165) is 23.9 Å². The molecule has 3 heteroatoms. The van der Waals surface area contributed by atoms with E-state index in [-0.39, 0.29) is 4.45 Å². The Morgan fingerprint density at radius 1 is 1.37 bits per heavy atom. The first-order valence-electron chi connectivity index (χ1n) is 7.13. The van der Waals surface area contributed by atoms with Crippen LogP contribution in [0.5, 0.6) is 0 Å². The van der Waals surface area contributed by atoms with Crippen LogP contribution >= 0.6 is 15.9 Å². The molecule has 102 valence electrons. The number of fused-ring (bicyclic) bond motifs is 2. The van der Waals surface area contributed by atoms with Gasteiger partial charge in [0.15, 0.2) is 4.45 Å². The van der Waals surface area contributed by atoms with Crippen molar-refractivity contribution >= 4 is 21.7 Å². The first-order valence-corrected chi connectivity index (χ1v) is 7.93. The van der Waals surface area contributed by atoms with Crippen molar-refractivity contribution in [2.75, 3.05) is 7.05 Å². The summed E-state index contributed by atoms with van der Waals surface area (Å²) in [4.78, 5) is 12.0. The number of halogens is 1. The normalized spacial score (nSPS) is 38.2. The van der Waals surface area contributed by atoms with E-state index in [4.69, 9.17) is 0 Å². The van der Waals surface area contributed by atoms with E-state index >= 15 is 0 Å². The number of nitrogens with zero attached hydrogens (tertiary/aromatic N) is 1. The Labute approximate surface area is 123 Å². The molecule has 1 aromatic carbocycles. The molecule has 0 aliphatic carbocycles. The second-order valence-electron chi connectivity index (χ2n) is 6.30. The highest BCUT2D eigenvalue weighted by atomic mass is 79.9. The van der Waals surface area contributed by atoms with Crippen LogP contribution in [0.3, 0.4) is 0 Å². The van der Waals surface area contributed by atoms with Crippen molar-refractivity contribution in [2.45, 2.75) is 49.1 Å². The fourth-order valence-electron chi connectivity index (χ4n) is 3.92. The lowest BCUT2D eigenvalue weighted by Gasteiger charge is -2.57. The van der Waals surface area contributed by atoms with E-state index in [1.54, 1.807) is 0 Å². The molecule has 0 radical (unpaired) electrons. The van der Waals surface area contributed by atoms with Gasteiger partial charge in [0.1, 0.15) is 12.3 Å². The Hall–Kier alpha value is -0.670. The van der Waals surface area contributed by atoms with Gasteiger partial charge in [-0.05, 0) is 22.4 Å². The molecule has 0 aromatic heterocycles. The molecule has 2 saturated heterocycles. The number of hydrogen-bond acceptors (Lipinski definition) is 1. The van der Waals surface area contributed by atoms with Crippen LogP contribution in [0.4, 0.5) is 0 Å². The smallest absolute Gasteiger partial charge is 0.161 e. The molecule has 2 heterocycles. The van der Waals surface area contributed by atoms with Crippen LogP contribution in [0.2, 0.25) is 0 Å². The van der Waals surface area contributed by atoms with Crippen molar-refractivity contribution in [3.8, 4) is 0 Å². The Balaban J connectivity index is 1.94. The van der Waals surface area contributed by atoms with Gasteiger partial charge in [0.2, 0.25) is 0 Å². The third-order valence-corrected chi connectivity index (χ3v) is 6.59. The molecule has 0 spiro atoms. The largest absolute Gasteiger partial charge is 0.305 e. The maximum atomic E-state index is 12.0. The number of piperidine rings is 2. The minimum absolute atomic E-state index is 0.0406. The van der Waals surface area contributed by atoms with E-state index in [1.807, 2.05) is 0 Å². The zero-order valence-electron chi connectivity index (χ0n) is 11.4. The highest BCUT2D eigenvalue weighted by Gasteiger charge is 2.57. The summed E-state index contributed by atoms with van der Waals surface area (Å²) in [5.74, 6) is 0.435. The molecule has 3 atom stereocenters. The van der Waals surface area contributed by atoms with E-state index < -0.39 is 0 Å². The van der Waals surface area contributed by atoms with Crippen LogP contribution < -0.4 is 0 Å². The molecule has 2 fully saturated rings. The molecule has 0 saturated carbocycles. The number of Topliss-reactive ketones (excluding diaryl/α,β-unsaturated/α-hetero) is 1. The molecule has 0 N–H and O–H groups in total. The summed E-state index contributed by atoms with van der Waals surface area (Å²) in [5, 5.41) is 0. The van der Waals surface area contributed by atoms with Crippen LogP contribution in [-0.4, -0.2) is 27.8 Å². The number of carbonyl (C=O) groups is 1. The molecule has 19 heavy (non-hydrogen) atoms. The highest BCUT2D eigenvalue weighted by molar-refractivity contribution is 9.10. The van der Waals surface area contributed by atoms with Gasteiger partial charge in [-0.1, -0.05) is 30.3 Å². The Morgan fingerprint density at radius 3 is 2.79 bits per heavy atom. The van der Waals surface area contributed by atoms with Gasteiger partial charge >= 0.3 is 0 Å². The van der Waals surface area contributed by atoms with Crippen LogP contribution in [0.25, 0.3) is 0 Å². The monoisotopic (exact) mass is 322 g/mol. The van der Waals surface area contributed by atoms with Crippen molar-refractivity contribution < 1.29 is 9.28 Å². The maximum absolute atomic E-state index is 12.0. The van der Waals surface area contributed by atoms with E-state index in [1.165, 1.54) is 18.4 Å². The lowest BCUT2D eigenvalue weighted by molar-refractivity contribution is -0.982. The Kier molecular flexibility index (Phi) is 3.30. The van der Waals surface area contributed by atoms with E-state index in [2.05, 4.69) is 53.3 Å². The van der Waals surface area contributed by atoms with Gasteiger partial charge in [-0.2, -0.15) is 0 Å². The third kappa shape index (κ3) is 2.17. The summed E-state index contributed by atoms with van der Waals surface area (Å²) in [5.41, 5.74) is 1.37. The van der Waals surface area contributed by atoms with Crippen LogP contribution in [0, 0.1) is 0 Å². The summed E-state index contributed by atoms with van der Waals surface area (Å²) in [6, 6.07) is 11.2. The molecule has 2 aliphatic rings. The van der Waals surface area contributed by atoms with Gasteiger partial charge in [-0.25, -0.2) is 0 Å². The molecular weight excluding hydrogens is 302 g/mol. The molecule has 3 unspecified atom stereocenters. The van der Waals surface area contributed by atoms with Crippen molar-refractivity contribution in [2.24, 2.45) is 0 Å². The average Bonchev–Trinajstić information content (AvgIpc) is 2.34. The Bertz CT molecular complexity index is 489. The van der Waals surface area contributed by atoms with Crippen molar-refractivity contribution in [1.29, 1.82) is 0 Å². The highest BCUT2D eigenvalue weighted by Crippen LogP contribution is 2.50. The first-order chi connectivity index (χ1) is 9.03. The predicted octanol–water partition coefficient (Wildman–Crippen LogP) is 3.64. The number of rotatable bonds is 2. The minimum atomic E-state index is -0.0406. The SMILES string of the molecule is C[N+]1(Cc2ccccc2)C2CCCC1(Br)CC(=O)C2. The fraction of sp³-hybridized carbons (Fsp3) is 0.562. The topological polar surface area (TPSA) is 17.1 Å². The average molecular weight is 323 g/mol. The zero-order chi connectivity index (χ0) is 13.5. The molecule has 1 aromatic rings. The molecule has 2 aliphatic heterocycles. The third-order valence-electron chi connectivity index (χ3n) is 5.10. The molecule has 0 amide bonds. The number of benzene rings is 1. The summed E-state index contributed by atoms with van der Waals surface area (Å²) >= 11 is 3.96. The molecule has 2 bridgehead atoms. The van der Waals surface area contributed by atoms with Crippen molar-refractivity contribution in [1.82, 2.24) is 0 Å². The van der Waals surface area contributed by atoms with Gasteiger partial charge in [0, 0.05) is 18.4 Å². The lowest BCUT2D eigenvalue weighted by atomic mass is 9.80. The number of hydrogen-bond donors (Lipinski definition) is 0. The summed E-state index contributed by atoms with van der Waals surface area (Å²) in [6.07, 6.45) is 4.98. The number of ketones is 1. The second-order valence-corrected chi connectivity index (χ2v) is 7.77. The van der Waals surface area contributed by atoms with E-state index in [9.17, 15) is 4.79 Å². The standard InChI is InChI=1S/C16H21BrNO/c1-18(12-13-6-3-2-4-7-13)14-8-5-9-16(18,17)11-15(19)10-14/h2-4,6-7,14H,5,8-12H2,1H3/q+1. The molecule has 3 rings (SSSR count). The second kappa shape index (κ2) is 4.71. The maximum Gasteiger partial charge on any atom is 0.161 e. The van der Waals surface area contributed by atoms with Gasteiger partial charge in [-0.3, -0.25) is 4.79 Å². The lowest BCUT2D eigenvalue weighted by Crippen LogP contribution is -2.69. The molecule has 2 nitrogen and oxygen atoms in total. The quantitative estimate of drug-likeness (QED) is 0.461. The number of quaternary nitrogens is 1. The van der Waals surface area contributed by atoms with Crippen LogP contribution in [-0.2, 0) is 11.3 Å². The van der Waals surface area contributed by atoms with Gasteiger partial charge in [0.25, 0.3) is 0 Å². The van der Waals surface area contributed by atoms with Gasteiger partial charge < -0.3 is 4.48 Å². The van der Waals surface area contributed by atoms with E-state index in [0.29, 0.717) is 18.2 Å². The minimum Gasteiger partial charge on any atom is -0.305 e. The summed E-state index contributed by atoms with van der Waals surface area (Å²) < 4.78 is 0.934. The van der Waals surface area contributed by atoms with Crippen molar-refractivity contribution in [3.63, 3.8) is 0 Å². The predicted molar refractivity (Wildman–Crippen MR) is 79.9 cm³/mol. The number of alkyl halides is 1. The van der Waals surface area contributed by atoms with Crippen LogP contribution in [0.15, 0.2) is 30.3 Å². The summed E-state index contributed by atoms with van der Waals surface area (Å²) in [6.45, 7) is 1.02. The Morgan fingerprint density at radius 2 is 2.11 bits per heavy atom. The molecular formula is C16H21BrNO+.